The normalized spacial score (nSPS) is 10.4. The summed E-state index contributed by atoms with van der Waals surface area (Å²) in [6.07, 6.45) is 5.39. The van der Waals surface area contributed by atoms with Crippen LogP contribution in [0.4, 0.5) is 10.5 Å². The molecule has 0 spiro atoms. The molecule has 2 N–H and O–H groups in total. The number of rotatable bonds is 5. The highest BCUT2D eigenvalue weighted by Gasteiger charge is 2.04. The highest BCUT2D eigenvalue weighted by Crippen LogP contribution is 2.21. The summed E-state index contributed by atoms with van der Waals surface area (Å²) < 4.78 is 0. The standard InChI is InChI=1S/C19H19N3O/c23-19(21-12-5-8-15-6-2-1-3-7-15)22-18-10-4-9-16-14-20-13-11-17(16)18/h1-4,6-7,9-11,13-14H,5,8,12H2,(H2,21,22,23). The number of carbonyl (C=O) groups excluding carboxylic acids is 1. The zero-order valence-corrected chi connectivity index (χ0v) is 12.8. The third-order valence-corrected chi connectivity index (χ3v) is 3.70. The smallest absolute Gasteiger partial charge is 0.319 e. The molecular weight excluding hydrogens is 286 g/mol. The lowest BCUT2D eigenvalue weighted by atomic mass is 10.1. The number of pyridine rings is 1. The van der Waals surface area contributed by atoms with Crippen molar-refractivity contribution in [1.29, 1.82) is 0 Å². The van der Waals surface area contributed by atoms with Crippen LogP contribution >= 0.6 is 0 Å². The van der Waals surface area contributed by atoms with E-state index in [1.165, 1.54) is 5.56 Å². The predicted octanol–water partition coefficient (Wildman–Crippen LogP) is 3.99. The van der Waals surface area contributed by atoms with Gasteiger partial charge in [0.15, 0.2) is 0 Å². The van der Waals surface area contributed by atoms with Crippen molar-refractivity contribution in [3.8, 4) is 0 Å². The lowest BCUT2D eigenvalue weighted by molar-refractivity contribution is 0.252. The van der Waals surface area contributed by atoms with Gasteiger partial charge in [-0.15, -0.1) is 0 Å². The second-order valence-corrected chi connectivity index (χ2v) is 5.37. The van der Waals surface area contributed by atoms with E-state index in [-0.39, 0.29) is 6.03 Å². The van der Waals surface area contributed by atoms with E-state index in [0.29, 0.717) is 6.54 Å². The fourth-order valence-corrected chi connectivity index (χ4v) is 2.54. The minimum absolute atomic E-state index is 0.178. The largest absolute Gasteiger partial charge is 0.338 e. The molecule has 0 aliphatic rings. The number of aryl methyl sites for hydroxylation is 1. The van der Waals surface area contributed by atoms with Gasteiger partial charge < -0.3 is 10.6 Å². The average Bonchev–Trinajstić information content (AvgIpc) is 2.60. The molecule has 3 rings (SSSR count). The van der Waals surface area contributed by atoms with E-state index < -0.39 is 0 Å². The number of nitrogens with zero attached hydrogens (tertiary/aromatic N) is 1. The molecule has 0 atom stereocenters. The Kier molecular flexibility index (Phi) is 4.84. The van der Waals surface area contributed by atoms with Crippen LogP contribution in [0.5, 0.6) is 0 Å². The van der Waals surface area contributed by atoms with Crippen molar-refractivity contribution in [1.82, 2.24) is 10.3 Å². The third kappa shape index (κ3) is 4.07. The Hall–Kier alpha value is -2.88. The Bertz CT molecular complexity index is 781. The molecule has 4 nitrogen and oxygen atoms in total. The fraction of sp³-hybridized carbons (Fsp3) is 0.158. The van der Waals surface area contributed by atoms with Gasteiger partial charge in [0.2, 0.25) is 0 Å². The topological polar surface area (TPSA) is 54.0 Å². The SMILES string of the molecule is O=C(NCCCc1ccccc1)Nc1cccc2cnccc12. The van der Waals surface area contributed by atoms with Crippen molar-refractivity contribution < 1.29 is 4.79 Å². The molecule has 0 saturated carbocycles. The fourth-order valence-electron chi connectivity index (χ4n) is 2.54. The molecule has 2 amide bonds. The molecule has 0 fully saturated rings. The molecule has 0 aliphatic heterocycles. The number of hydrogen-bond acceptors (Lipinski definition) is 2. The maximum Gasteiger partial charge on any atom is 0.319 e. The lowest BCUT2D eigenvalue weighted by Gasteiger charge is -2.10. The van der Waals surface area contributed by atoms with E-state index in [1.54, 1.807) is 12.4 Å². The summed E-state index contributed by atoms with van der Waals surface area (Å²) in [6, 6.07) is 17.8. The van der Waals surface area contributed by atoms with Crippen LogP contribution in [-0.2, 0) is 6.42 Å². The van der Waals surface area contributed by atoms with Crippen molar-refractivity contribution >= 4 is 22.5 Å². The van der Waals surface area contributed by atoms with Gasteiger partial charge in [0.05, 0.1) is 5.69 Å². The number of hydrogen-bond donors (Lipinski definition) is 2. The van der Waals surface area contributed by atoms with Gasteiger partial charge in [-0.3, -0.25) is 4.98 Å². The van der Waals surface area contributed by atoms with E-state index in [0.717, 1.165) is 29.3 Å². The number of amides is 2. The predicted molar refractivity (Wildman–Crippen MR) is 93.5 cm³/mol. The molecule has 23 heavy (non-hydrogen) atoms. The second-order valence-electron chi connectivity index (χ2n) is 5.37. The monoisotopic (exact) mass is 305 g/mol. The first kappa shape index (κ1) is 15.0. The van der Waals surface area contributed by atoms with Gasteiger partial charge >= 0.3 is 6.03 Å². The molecule has 1 aromatic heterocycles. The van der Waals surface area contributed by atoms with Crippen molar-refractivity contribution in [3.63, 3.8) is 0 Å². The highest BCUT2D eigenvalue weighted by molar-refractivity contribution is 6.01. The van der Waals surface area contributed by atoms with Gasteiger partial charge in [0.1, 0.15) is 0 Å². The van der Waals surface area contributed by atoms with Crippen molar-refractivity contribution in [3.05, 3.63) is 72.6 Å². The first-order valence-corrected chi connectivity index (χ1v) is 7.74. The molecular formula is C19H19N3O. The maximum atomic E-state index is 12.0. The summed E-state index contributed by atoms with van der Waals surface area (Å²) in [6.45, 7) is 0.646. The number of carbonyl (C=O) groups is 1. The first-order chi connectivity index (χ1) is 11.3. The Labute approximate surface area is 135 Å². The van der Waals surface area contributed by atoms with E-state index in [9.17, 15) is 4.79 Å². The maximum absolute atomic E-state index is 12.0. The zero-order chi connectivity index (χ0) is 15.9. The molecule has 4 heteroatoms. The minimum Gasteiger partial charge on any atom is -0.338 e. The second kappa shape index (κ2) is 7.40. The highest BCUT2D eigenvalue weighted by atomic mass is 16.2. The first-order valence-electron chi connectivity index (χ1n) is 7.74. The number of aromatic nitrogens is 1. The summed E-state index contributed by atoms with van der Waals surface area (Å²) in [4.78, 5) is 16.1. The number of fused-ring (bicyclic) bond motifs is 1. The molecule has 0 unspecified atom stereocenters. The average molecular weight is 305 g/mol. The van der Waals surface area contributed by atoms with Crippen molar-refractivity contribution in [2.24, 2.45) is 0 Å². The van der Waals surface area contributed by atoms with Crippen LogP contribution in [0.1, 0.15) is 12.0 Å². The summed E-state index contributed by atoms with van der Waals surface area (Å²) in [5.74, 6) is 0. The van der Waals surface area contributed by atoms with Gasteiger partial charge in [-0.1, -0.05) is 42.5 Å². The Morgan fingerprint density at radius 1 is 1.00 bits per heavy atom. The number of urea groups is 1. The van der Waals surface area contributed by atoms with Crippen LogP contribution in [0, 0.1) is 0 Å². The van der Waals surface area contributed by atoms with Crippen LogP contribution in [0.25, 0.3) is 10.8 Å². The van der Waals surface area contributed by atoms with E-state index in [4.69, 9.17) is 0 Å². The van der Waals surface area contributed by atoms with Gasteiger partial charge in [-0.05, 0) is 30.5 Å². The number of nitrogens with one attached hydrogen (secondary N) is 2. The Balaban J connectivity index is 1.51. The van der Waals surface area contributed by atoms with Crippen LogP contribution in [0.2, 0.25) is 0 Å². The summed E-state index contributed by atoms with van der Waals surface area (Å²) in [5.41, 5.74) is 2.08. The van der Waals surface area contributed by atoms with Gasteiger partial charge in [0.25, 0.3) is 0 Å². The molecule has 0 radical (unpaired) electrons. The molecule has 1 heterocycles. The summed E-state index contributed by atoms with van der Waals surface area (Å²) in [5, 5.41) is 7.80. The van der Waals surface area contributed by atoms with Gasteiger partial charge in [-0.25, -0.2) is 4.79 Å². The van der Waals surface area contributed by atoms with Gasteiger partial charge in [-0.2, -0.15) is 0 Å². The Morgan fingerprint density at radius 3 is 2.74 bits per heavy atom. The molecule has 2 aromatic carbocycles. The molecule has 0 bridgehead atoms. The van der Waals surface area contributed by atoms with Crippen LogP contribution in [0.3, 0.4) is 0 Å². The molecule has 116 valence electrons. The van der Waals surface area contributed by atoms with Crippen LogP contribution in [0.15, 0.2) is 67.0 Å². The molecule has 0 aliphatic carbocycles. The molecule has 0 saturated heterocycles. The van der Waals surface area contributed by atoms with Gasteiger partial charge in [0, 0.05) is 29.7 Å². The van der Waals surface area contributed by atoms with Crippen LogP contribution < -0.4 is 10.6 Å². The van der Waals surface area contributed by atoms with E-state index >= 15 is 0 Å². The van der Waals surface area contributed by atoms with Crippen LogP contribution in [-0.4, -0.2) is 17.6 Å². The van der Waals surface area contributed by atoms with Crippen molar-refractivity contribution in [2.75, 3.05) is 11.9 Å². The zero-order valence-electron chi connectivity index (χ0n) is 12.8. The lowest BCUT2D eigenvalue weighted by Crippen LogP contribution is -2.29. The number of benzene rings is 2. The summed E-state index contributed by atoms with van der Waals surface area (Å²) in [7, 11) is 0. The van der Waals surface area contributed by atoms with E-state index in [2.05, 4.69) is 27.8 Å². The Morgan fingerprint density at radius 2 is 1.87 bits per heavy atom. The van der Waals surface area contributed by atoms with Crippen molar-refractivity contribution in [2.45, 2.75) is 12.8 Å². The summed E-state index contributed by atoms with van der Waals surface area (Å²) >= 11 is 0. The van der Waals surface area contributed by atoms with E-state index in [1.807, 2.05) is 42.5 Å². The molecule has 3 aromatic rings. The minimum atomic E-state index is -0.178. The third-order valence-electron chi connectivity index (χ3n) is 3.70. The quantitative estimate of drug-likeness (QED) is 0.700. The number of anilines is 1.